The molecule has 5 nitrogen and oxygen atoms in total. The van der Waals surface area contributed by atoms with E-state index in [-0.39, 0.29) is 11.8 Å². The Morgan fingerprint density at radius 1 is 1.07 bits per heavy atom. The molecule has 2 aromatic carbocycles. The van der Waals surface area contributed by atoms with Crippen LogP contribution in [0.3, 0.4) is 0 Å². The summed E-state index contributed by atoms with van der Waals surface area (Å²) in [4.78, 5) is 27.3. The number of thiophene rings is 1. The summed E-state index contributed by atoms with van der Waals surface area (Å²) in [7, 11) is 0. The van der Waals surface area contributed by atoms with Gasteiger partial charge in [-0.1, -0.05) is 41.9 Å². The molecule has 4 rings (SSSR count). The third kappa shape index (κ3) is 3.90. The van der Waals surface area contributed by atoms with Crippen LogP contribution in [-0.4, -0.2) is 43.0 Å². The summed E-state index contributed by atoms with van der Waals surface area (Å²) in [5, 5.41) is 4.29. The van der Waals surface area contributed by atoms with Crippen LogP contribution in [-0.2, 0) is 11.3 Å². The first-order chi connectivity index (χ1) is 13.6. The van der Waals surface area contributed by atoms with Crippen LogP contribution in [0, 0.1) is 0 Å². The van der Waals surface area contributed by atoms with Gasteiger partial charge in [-0.3, -0.25) is 9.59 Å². The third-order valence-corrected chi connectivity index (χ3v) is 6.37. The van der Waals surface area contributed by atoms with Crippen LogP contribution in [0.2, 0.25) is 5.02 Å². The van der Waals surface area contributed by atoms with Crippen molar-refractivity contribution < 1.29 is 14.3 Å². The van der Waals surface area contributed by atoms with Gasteiger partial charge in [0.15, 0.2) is 0 Å². The summed E-state index contributed by atoms with van der Waals surface area (Å²) >= 11 is 7.75. The lowest BCUT2D eigenvalue weighted by Gasteiger charge is -2.26. The molecule has 0 saturated carbocycles. The number of rotatable bonds is 4. The summed E-state index contributed by atoms with van der Waals surface area (Å²) in [5.41, 5.74) is 1.56. The minimum atomic E-state index is -0.195. The lowest BCUT2D eigenvalue weighted by molar-refractivity contribution is 0.0303. The Hall–Kier alpha value is -2.41. The fourth-order valence-electron chi connectivity index (χ4n) is 3.14. The number of fused-ring (bicyclic) bond motifs is 1. The van der Waals surface area contributed by atoms with Gasteiger partial charge < -0.3 is 15.0 Å². The van der Waals surface area contributed by atoms with Crippen molar-refractivity contribution >= 4 is 44.8 Å². The Balaban J connectivity index is 1.39. The van der Waals surface area contributed by atoms with Gasteiger partial charge in [-0.2, -0.15) is 0 Å². The molecular weight excluding hydrogens is 396 g/mol. The number of nitrogens with one attached hydrogen (secondary N) is 1. The summed E-state index contributed by atoms with van der Waals surface area (Å²) in [6.45, 7) is 2.76. The highest BCUT2D eigenvalue weighted by Crippen LogP contribution is 2.35. The van der Waals surface area contributed by atoms with Crippen LogP contribution >= 0.6 is 22.9 Å². The fourth-order valence-corrected chi connectivity index (χ4v) is 4.57. The zero-order valence-corrected chi connectivity index (χ0v) is 16.7. The number of carbonyl (C=O) groups excluding carboxylic acids is 2. The molecule has 1 aliphatic heterocycles. The number of morpholine rings is 1. The van der Waals surface area contributed by atoms with Gasteiger partial charge in [-0.15, -0.1) is 11.3 Å². The molecule has 7 heteroatoms. The van der Waals surface area contributed by atoms with E-state index >= 15 is 0 Å². The van der Waals surface area contributed by atoms with E-state index in [0.29, 0.717) is 48.3 Å². The number of ether oxygens (including phenoxy) is 1. The molecule has 1 fully saturated rings. The first kappa shape index (κ1) is 18.9. The molecule has 0 spiro atoms. The average Bonchev–Trinajstić information content (AvgIpc) is 3.09. The normalized spacial score (nSPS) is 14.2. The van der Waals surface area contributed by atoms with Crippen molar-refractivity contribution in [1.82, 2.24) is 10.2 Å². The standard InChI is InChI=1S/C21H19ClN2O3S/c22-18-16-3-1-2-4-17(16)28-19(18)20(25)23-13-14-5-7-15(8-6-14)21(26)24-9-11-27-12-10-24/h1-8H,9-13H2,(H,23,25). The summed E-state index contributed by atoms with van der Waals surface area (Å²) in [6.07, 6.45) is 0. The second-order valence-corrected chi connectivity index (χ2v) is 7.96. The van der Waals surface area contributed by atoms with Crippen LogP contribution in [0.5, 0.6) is 0 Å². The van der Waals surface area contributed by atoms with Gasteiger partial charge in [0.2, 0.25) is 0 Å². The molecule has 2 heterocycles. The number of halogens is 1. The molecule has 144 valence electrons. The number of amides is 2. The maximum absolute atomic E-state index is 12.5. The van der Waals surface area contributed by atoms with Crippen LogP contribution in [0.15, 0.2) is 48.5 Å². The molecule has 3 aromatic rings. The number of nitrogens with zero attached hydrogens (tertiary/aromatic N) is 1. The summed E-state index contributed by atoms with van der Waals surface area (Å²) in [5.74, 6) is -0.185. The zero-order valence-electron chi connectivity index (χ0n) is 15.1. The van der Waals surface area contributed by atoms with Gasteiger partial charge >= 0.3 is 0 Å². The Morgan fingerprint density at radius 3 is 2.50 bits per heavy atom. The molecule has 0 radical (unpaired) electrons. The van der Waals surface area contributed by atoms with Gasteiger partial charge in [0, 0.05) is 35.3 Å². The highest BCUT2D eigenvalue weighted by atomic mass is 35.5. The summed E-state index contributed by atoms with van der Waals surface area (Å²) in [6, 6.07) is 15.0. The largest absolute Gasteiger partial charge is 0.378 e. The van der Waals surface area contributed by atoms with Crippen molar-refractivity contribution in [2.24, 2.45) is 0 Å². The number of benzene rings is 2. The topological polar surface area (TPSA) is 58.6 Å². The number of carbonyl (C=O) groups is 2. The van der Waals surface area contributed by atoms with Gasteiger partial charge in [0.05, 0.1) is 18.2 Å². The smallest absolute Gasteiger partial charge is 0.263 e. The fraction of sp³-hybridized carbons (Fsp3) is 0.238. The second-order valence-electron chi connectivity index (χ2n) is 6.53. The molecule has 1 N–H and O–H groups in total. The van der Waals surface area contributed by atoms with Crippen LogP contribution in [0.1, 0.15) is 25.6 Å². The monoisotopic (exact) mass is 414 g/mol. The predicted octanol–water partition coefficient (Wildman–Crippen LogP) is 3.96. The van der Waals surface area contributed by atoms with Crippen molar-refractivity contribution in [2.75, 3.05) is 26.3 Å². The quantitative estimate of drug-likeness (QED) is 0.703. The first-order valence-electron chi connectivity index (χ1n) is 9.04. The Kier molecular flexibility index (Phi) is 5.62. The van der Waals surface area contributed by atoms with Crippen molar-refractivity contribution in [3.8, 4) is 0 Å². The Morgan fingerprint density at radius 2 is 1.79 bits per heavy atom. The third-order valence-electron chi connectivity index (χ3n) is 4.69. The number of hydrogen-bond acceptors (Lipinski definition) is 4. The van der Waals surface area contributed by atoms with Crippen molar-refractivity contribution in [3.63, 3.8) is 0 Å². The Bertz CT molecular complexity index is 1010. The molecule has 1 saturated heterocycles. The lowest BCUT2D eigenvalue weighted by Crippen LogP contribution is -2.40. The second kappa shape index (κ2) is 8.31. The van der Waals surface area contributed by atoms with Gasteiger partial charge in [-0.25, -0.2) is 0 Å². The van der Waals surface area contributed by atoms with E-state index in [9.17, 15) is 9.59 Å². The minimum Gasteiger partial charge on any atom is -0.378 e. The first-order valence-corrected chi connectivity index (χ1v) is 10.2. The molecular formula is C21H19ClN2O3S. The molecule has 0 bridgehead atoms. The van der Waals surface area contributed by atoms with Crippen LogP contribution in [0.25, 0.3) is 10.1 Å². The molecule has 0 atom stereocenters. The van der Waals surface area contributed by atoms with E-state index < -0.39 is 0 Å². The highest BCUT2D eigenvalue weighted by Gasteiger charge is 2.19. The number of hydrogen-bond donors (Lipinski definition) is 1. The van der Waals surface area contributed by atoms with Crippen LogP contribution in [0.4, 0.5) is 0 Å². The van der Waals surface area contributed by atoms with Crippen molar-refractivity contribution in [2.45, 2.75) is 6.54 Å². The molecule has 2 amide bonds. The molecule has 0 aliphatic carbocycles. The highest BCUT2D eigenvalue weighted by molar-refractivity contribution is 7.21. The zero-order chi connectivity index (χ0) is 19.5. The van der Waals surface area contributed by atoms with E-state index in [1.54, 1.807) is 17.0 Å². The molecule has 0 unspecified atom stereocenters. The average molecular weight is 415 g/mol. The van der Waals surface area contributed by atoms with E-state index in [0.717, 1.165) is 15.6 Å². The molecule has 1 aliphatic rings. The molecule has 1 aromatic heterocycles. The van der Waals surface area contributed by atoms with Gasteiger partial charge in [-0.05, 0) is 23.8 Å². The van der Waals surface area contributed by atoms with E-state index in [1.807, 2.05) is 36.4 Å². The van der Waals surface area contributed by atoms with Crippen LogP contribution < -0.4 is 5.32 Å². The maximum atomic E-state index is 12.5. The maximum Gasteiger partial charge on any atom is 0.263 e. The van der Waals surface area contributed by atoms with E-state index in [2.05, 4.69) is 5.32 Å². The van der Waals surface area contributed by atoms with Gasteiger partial charge in [0.25, 0.3) is 11.8 Å². The summed E-state index contributed by atoms with van der Waals surface area (Å²) < 4.78 is 6.27. The van der Waals surface area contributed by atoms with Crippen molar-refractivity contribution in [3.05, 3.63) is 69.6 Å². The SMILES string of the molecule is O=C(NCc1ccc(C(=O)N2CCOCC2)cc1)c1sc2ccccc2c1Cl. The van der Waals surface area contributed by atoms with E-state index in [1.165, 1.54) is 11.3 Å². The van der Waals surface area contributed by atoms with Crippen molar-refractivity contribution in [1.29, 1.82) is 0 Å². The molecule has 28 heavy (non-hydrogen) atoms. The predicted molar refractivity (Wildman–Crippen MR) is 111 cm³/mol. The lowest BCUT2D eigenvalue weighted by atomic mass is 10.1. The Labute approximate surface area is 171 Å². The van der Waals surface area contributed by atoms with Gasteiger partial charge in [0.1, 0.15) is 4.88 Å². The van der Waals surface area contributed by atoms with E-state index in [4.69, 9.17) is 16.3 Å². The minimum absolute atomic E-state index is 0.0101.